The minimum atomic E-state index is -0.189. The summed E-state index contributed by atoms with van der Waals surface area (Å²) in [6.07, 6.45) is 4.33. The highest BCUT2D eigenvalue weighted by molar-refractivity contribution is 5.62. The zero-order chi connectivity index (χ0) is 12.8. The number of benzene rings is 1. The molecule has 0 radical (unpaired) electrons. The fourth-order valence-electron chi connectivity index (χ4n) is 1.83. The smallest absolute Gasteiger partial charge is 0.0927 e. The standard InChI is InChI=1S/C15H20O2/c1-5-13-8-7-9-14(6-2)15(13)10-11(3)12(4)17-16/h5-9,11-12,16H,1-2,10H2,3-4H3. The van der Waals surface area contributed by atoms with Crippen LogP contribution in [0.1, 0.15) is 30.5 Å². The first kappa shape index (κ1) is 13.7. The first-order chi connectivity index (χ1) is 8.13. The van der Waals surface area contributed by atoms with Crippen molar-refractivity contribution in [3.63, 3.8) is 0 Å². The molecule has 2 atom stereocenters. The van der Waals surface area contributed by atoms with Crippen LogP contribution in [-0.2, 0) is 11.3 Å². The maximum Gasteiger partial charge on any atom is 0.0927 e. The fraction of sp³-hybridized carbons (Fsp3) is 0.333. The Balaban J connectivity index is 3.03. The van der Waals surface area contributed by atoms with E-state index in [-0.39, 0.29) is 12.0 Å². The molecule has 0 amide bonds. The quantitative estimate of drug-likeness (QED) is 0.592. The SMILES string of the molecule is C=Cc1cccc(C=C)c1CC(C)C(C)OO. The van der Waals surface area contributed by atoms with Gasteiger partial charge in [0.25, 0.3) is 0 Å². The van der Waals surface area contributed by atoms with Crippen LogP contribution in [0.2, 0.25) is 0 Å². The average Bonchev–Trinajstić information content (AvgIpc) is 2.37. The van der Waals surface area contributed by atoms with Gasteiger partial charge in [-0.3, -0.25) is 5.26 Å². The van der Waals surface area contributed by atoms with E-state index in [9.17, 15) is 0 Å². The first-order valence-electron chi connectivity index (χ1n) is 5.81. The zero-order valence-corrected chi connectivity index (χ0v) is 10.5. The molecule has 0 aliphatic carbocycles. The van der Waals surface area contributed by atoms with Crippen molar-refractivity contribution in [3.05, 3.63) is 48.0 Å². The molecule has 0 aliphatic heterocycles. The molecule has 1 aromatic carbocycles. The molecule has 2 unspecified atom stereocenters. The molecule has 2 nitrogen and oxygen atoms in total. The fourth-order valence-corrected chi connectivity index (χ4v) is 1.83. The summed E-state index contributed by atoms with van der Waals surface area (Å²) >= 11 is 0. The summed E-state index contributed by atoms with van der Waals surface area (Å²) in [5.41, 5.74) is 3.42. The molecule has 0 bridgehead atoms. The molecule has 17 heavy (non-hydrogen) atoms. The van der Waals surface area contributed by atoms with E-state index in [0.717, 1.165) is 17.5 Å². The molecular weight excluding hydrogens is 212 g/mol. The van der Waals surface area contributed by atoms with Crippen LogP contribution < -0.4 is 0 Å². The molecule has 0 heterocycles. The molecule has 2 heteroatoms. The predicted octanol–water partition coefficient (Wildman–Crippen LogP) is 4.03. The molecule has 92 valence electrons. The Morgan fingerprint density at radius 1 is 1.24 bits per heavy atom. The molecule has 0 saturated heterocycles. The van der Waals surface area contributed by atoms with Gasteiger partial charge in [-0.05, 0) is 36.0 Å². The van der Waals surface area contributed by atoms with Crippen molar-refractivity contribution >= 4 is 12.2 Å². The van der Waals surface area contributed by atoms with E-state index >= 15 is 0 Å². The first-order valence-corrected chi connectivity index (χ1v) is 5.81. The summed E-state index contributed by atoms with van der Waals surface area (Å²) in [5, 5.41) is 8.70. The predicted molar refractivity (Wildman–Crippen MR) is 72.7 cm³/mol. The number of hydrogen-bond donors (Lipinski definition) is 1. The Morgan fingerprint density at radius 2 is 1.76 bits per heavy atom. The third kappa shape index (κ3) is 3.29. The lowest BCUT2D eigenvalue weighted by Gasteiger charge is -2.19. The van der Waals surface area contributed by atoms with Crippen LogP contribution in [0.4, 0.5) is 0 Å². The minimum Gasteiger partial charge on any atom is -0.252 e. The van der Waals surface area contributed by atoms with E-state index in [1.54, 1.807) is 0 Å². The van der Waals surface area contributed by atoms with Gasteiger partial charge >= 0.3 is 0 Å². The Labute approximate surface area is 103 Å². The van der Waals surface area contributed by atoms with Crippen molar-refractivity contribution in [2.75, 3.05) is 0 Å². The molecule has 0 aliphatic rings. The van der Waals surface area contributed by atoms with Gasteiger partial charge in [0.05, 0.1) is 6.10 Å². The Morgan fingerprint density at radius 3 is 2.18 bits per heavy atom. The topological polar surface area (TPSA) is 29.5 Å². The highest BCUT2D eigenvalue weighted by atomic mass is 17.1. The van der Waals surface area contributed by atoms with Gasteiger partial charge in [0.2, 0.25) is 0 Å². The Bertz CT molecular complexity index is 370. The van der Waals surface area contributed by atoms with Gasteiger partial charge in [-0.2, -0.15) is 0 Å². The van der Waals surface area contributed by atoms with Gasteiger partial charge in [-0.25, -0.2) is 4.89 Å². The van der Waals surface area contributed by atoms with E-state index in [1.165, 1.54) is 5.56 Å². The van der Waals surface area contributed by atoms with E-state index in [2.05, 4.69) is 18.0 Å². The zero-order valence-electron chi connectivity index (χ0n) is 10.5. The van der Waals surface area contributed by atoms with Crippen LogP contribution >= 0.6 is 0 Å². The maximum atomic E-state index is 8.70. The molecule has 0 aromatic heterocycles. The summed E-state index contributed by atoms with van der Waals surface area (Å²) in [4.78, 5) is 4.38. The molecule has 0 saturated carbocycles. The lowest BCUT2D eigenvalue weighted by Crippen LogP contribution is -2.19. The second kappa shape index (κ2) is 6.38. The van der Waals surface area contributed by atoms with E-state index in [0.29, 0.717) is 0 Å². The van der Waals surface area contributed by atoms with Crippen molar-refractivity contribution in [1.82, 2.24) is 0 Å². The van der Waals surface area contributed by atoms with Crippen LogP contribution in [-0.4, -0.2) is 11.4 Å². The minimum absolute atomic E-state index is 0.189. The molecule has 0 fully saturated rings. The summed E-state index contributed by atoms with van der Waals surface area (Å²) in [6, 6.07) is 6.06. The van der Waals surface area contributed by atoms with Crippen molar-refractivity contribution in [2.24, 2.45) is 5.92 Å². The van der Waals surface area contributed by atoms with Crippen molar-refractivity contribution in [2.45, 2.75) is 26.4 Å². The van der Waals surface area contributed by atoms with E-state index in [4.69, 9.17) is 5.26 Å². The summed E-state index contributed by atoms with van der Waals surface area (Å²) in [7, 11) is 0. The van der Waals surface area contributed by atoms with Gasteiger partial charge in [-0.15, -0.1) is 0 Å². The Hall–Kier alpha value is -1.38. The molecule has 1 rings (SSSR count). The van der Waals surface area contributed by atoms with Crippen molar-refractivity contribution < 1.29 is 10.1 Å². The van der Waals surface area contributed by atoms with E-state index < -0.39 is 0 Å². The maximum absolute atomic E-state index is 8.70. The van der Waals surface area contributed by atoms with Crippen LogP contribution in [0.15, 0.2) is 31.4 Å². The third-order valence-corrected chi connectivity index (χ3v) is 3.18. The lowest BCUT2D eigenvalue weighted by atomic mass is 9.90. The van der Waals surface area contributed by atoms with Gasteiger partial charge in [0, 0.05) is 0 Å². The van der Waals surface area contributed by atoms with Crippen molar-refractivity contribution in [3.8, 4) is 0 Å². The summed E-state index contributed by atoms with van der Waals surface area (Å²) in [6.45, 7) is 11.6. The normalized spacial score (nSPS) is 14.1. The van der Waals surface area contributed by atoms with Gasteiger partial charge in [-0.1, -0.05) is 50.4 Å². The van der Waals surface area contributed by atoms with Gasteiger partial charge < -0.3 is 0 Å². The van der Waals surface area contributed by atoms with Crippen molar-refractivity contribution in [1.29, 1.82) is 0 Å². The van der Waals surface area contributed by atoms with E-state index in [1.807, 2.05) is 44.2 Å². The van der Waals surface area contributed by atoms with Gasteiger partial charge in [0.15, 0.2) is 0 Å². The van der Waals surface area contributed by atoms with Crippen LogP contribution in [0, 0.1) is 5.92 Å². The number of rotatable bonds is 6. The van der Waals surface area contributed by atoms with Crippen LogP contribution in [0.5, 0.6) is 0 Å². The Kier molecular flexibility index (Phi) is 5.13. The highest BCUT2D eigenvalue weighted by Gasteiger charge is 2.16. The molecular formula is C15H20O2. The van der Waals surface area contributed by atoms with Gasteiger partial charge in [0.1, 0.15) is 0 Å². The average molecular weight is 232 g/mol. The third-order valence-electron chi connectivity index (χ3n) is 3.18. The summed E-state index contributed by atoms with van der Waals surface area (Å²) < 4.78 is 0. The molecule has 0 spiro atoms. The lowest BCUT2D eigenvalue weighted by molar-refractivity contribution is -0.283. The summed E-state index contributed by atoms with van der Waals surface area (Å²) in [5.74, 6) is 0.222. The highest BCUT2D eigenvalue weighted by Crippen LogP contribution is 2.23. The monoisotopic (exact) mass is 232 g/mol. The molecule has 1 N–H and O–H groups in total. The second-order valence-corrected chi connectivity index (χ2v) is 4.32. The largest absolute Gasteiger partial charge is 0.252 e. The van der Waals surface area contributed by atoms with Crippen LogP contribution in [0.25, 0.3) is 12.2 Å². The number of hydrogen-bond acceptors (Lipinski definition) is 2. The molecule has 1 aromatic rings. The van der Waals surface area contributed by atoms with Crippen LogP contribution in [0.3, 0.4) is 0 Å². The second-order valence-electron chi connectivity index (χ2n) is 4.32.